The average Bonchev–Trinajstić information content (AvgIpc) is 3.83. The van der Waals surface area contributed by atoms with Crippen LogP contribution in [0.25, 0.3) is 0 Å². The number of fused-ring (bicyclic) bond motifs is 1. The number of urea groups is 1. The Morgan fingerprint density at radius 3 is 2.55 bits per heavy atom. The molecule has 2 atom stereocenters. The molecule has 58 heavy (non-hydrogen) atoms. The number of carbonyl (C=O) groups is 3. The number of hydrogen-bond acceptors (Lipinski definition) is 11. The molecule has 3 aromatic carbocycles. The fourth-order valence-corrected chi connectivity index (χ4v) is 8.07. The number of aromatic nitrogens is 1. The van der Waals surface area contributed by atoms with Gasteiger partial charge in [-0.15, -0.1) is 11.3 Å². The highest BCUT2D eigenvalue weighted by molar-refractivity contribution is 7.11. The van der Waals surface area contributed by atoms with Crippen LogP contribution in [0, 0.1) is 17.5 Å². The topological polar surface area (TPSA) is 138 Å². The monoisotopic (exact) mass is 837 g/mol. The van der Waals surface area contributed by atoms with Crippen molar-refractivity contribution in [3.8, 4) is 11.5 Å². The number of hydrogen-bond donors (Lipinski definition) is 2. The lowest BCUT2D eigenvalue weighted by Gasteiger charge is -2.38. The minimum Gasteiger partial charge on any atom is -0.466 e. The van der Waals surface area contributed by atoms with E-state index in [1.165, 1.54) is 66.9 Å². The first-order valence-corrected chi connectivity index (χ1v) is 19.4. The molecular formula is C40H39ClF3N7O6S. The standard InChI is InChI=1S/C40H39ClF3N7O6S/c1-40(2,21-55-3)48-36(52)22-5-8-32(30(44)13-22)57-27-15-24(43)14-25(17-27)51-19-26-18-49(10-11-50(26)39(51)54)20-31-33(38(53)56-4)34(28-7-6-23(42)16-29(28)41)47-35(46-31)37-45-9-12-58-37/h5-9,12-17,26,34H,10-11,18-21H2,1-4H3,(H,46,47)(H,48,52)/t26-,34?/m0/s1. The van der Waals surface area contributed by atoms with Gasteiger partial charge >= 0.3 is 12.0 Å². The number of rotatable bonds is 12. The molecule has 0 aliphatic carbocycles. The summed E-state index contributed by atoms with van der Waals surface area (Å²) in [6.45, 7) is 5.35. The van der Waals surface area contributed by atoms with Crippen LogP contribution in [0.4, 0.5) is 23.7 Å². The Morgan fingerprint density at radius 2 is 1.84 bits per heavy atom. The molecule has 1 aromatic heterocycles. The van der Waals surface area contributed by atoms with E-state index in [9.17, 15) is 18.8 Å². The fourth-order valence-electron chi connectivity index (χ4n) is 7.21. The molecule has 3 aliphatic heterocycles. The fraction of sp³-hybridized carbons (Fsp3) is 0.325. The van der Waals surface area contributed by atoms with E-state index in [1.54, 1.807) is 30.3 Å². The number of methoxy groups -OCH3 is 2. The van der Waals surface area contributed by atoms with Gasteiger partial charge in [-0.1, -0.05) is 17.7 Å². The van der Waals surface area contributed by atoms with E-state index in [2.05, 4.69) is 20.5 Å². The van der Waals surface area contributed by atoms with Crippen molar-refractivity contribution in [2.45, 2.75) is 31.5 Å². The van der Waals surface area contributed by atoms with Gasteiger partial charge in [0.2, 0.25) is 0 Å². The van der Waals surface area contributed by atoms with Gasteiger partial charge in [-0.05, 0) is 50.2 Å². The van der Waals surface area contributed by atoms with Crippen molar-refractivity contribution in [2.24, 2.45) is 4.99 Å². The van der Waals surface area contributed by atoms with Gasteiger partial charge in [-0.2, -0.15) is 0 Å². The van der Waals surface area contributed by atoms with Gasteiger partial charge in [0.1, 0.15) is 23.4 Å². The summed E-state index contributed by atoms with van der Waals surface area (Å²) >= 11 is 7.84. The van der Waals surface area contributed by atoms with Crippen LogP contribution in [-0.4, -0.2) is 104 Å². The number of carbonyl (C=O) groups excluding carboxylic acids is 3. The lowest BCUT2D eigenvalue weighted by Crippen LogP contribution is -2.53. The lowest BCUT2D eigenvalue weighted by atomic mass is 9.95. The SMILES string of the molecule is COCC(C)(C)NC(=O)c1ccc(Oc2cc(F)cc(N3C[C@@H]4CN(CC5=C(C(=O)OC)C(c6ccc(F)cc6Cl)N=C(c6nccs6)N5)CCN4C3=O)c2)c(F)c1. The molecule has 0 saturated carbocycles. The molecule has 0 bridgehead atoms. The number of amidine groups is 1. The van der Waals surface area contributed by atoms with Crippen LogP contribution in [0.3, 0.4) is 0 Å². The molecule has 1 unspecified atom stereocenters. The van der Waals surface area contributed by atoms with E-state index in [1.807, 2.05) is 0 Å². The van der Waals surface area contributed by atoms with Gasteiger partial charge in [0.05, 0.1) is 36.6 Å². The summed E-state index contributed by atoms with van der Waals surface area (Å²) in [4.78, 5) is 54.3. The molecule has 0 spiro atoms. The molecule has 3 aliphatic rings. The maximum absolute atomic E-state index is 15.2. The zero-order chi connectivity index (χ0) is 41.3. The van der Waals surface area contributed by atoms with E-state index >= 15 is 8.78 Å². The molecule has 2 N–H and O–H groups in total. The average molecular weight is 838 g/mol. The van der Waals surface area contributed by atoms with Crippen molar-refractivity contribution in [1.29, 1.82) is 0 Å². The largest absolute Gasteiger partial charge is 0.466 e. The predicted molar refractivity (Wildman–Crippen MR) is 211 cm³/mol. The Bertz CT molecular complexity index is 2310. The number of amides is 3. The molecule has 2 fully saturated rings. The predicted octanol–water partition coefficient (Wildman–Crippen LogP) is 6.31. The number of nitrogens with zero attached hydrogens (tertiary/aromatic N) is 5. The molecule has 3 amide bonds. The Balaban J connectivity index is 1.08. The maximum atomic E-state index is 15.2. The number of aliphatic imine (C=N–C) groups is 1. The maximum Gasteiger partial charge on any atom is 0.338 e. The van der Waals surface area contributed by atoms with Gasteiger partial charge in [-0.3, -0.25) is 19.6 Å². The van der Waals surface area contributed by atoms with Crippen molar-refractivity contribution < 1.29 is 41.8 Å². The lowest BCUT2D eigenvalue weighted by molar-refractivity contribution is -0.136. The summed E-state index contributed by atoms with van der Waals surface area (Å²) in [5, 5.41) is 8.50. The number of esters is 1. The van der Waals surface area contributed by atoms with Gasteiger partial charge in [0, 0.05) is 85.4 Å². The summed E-state index contributed by atoms with van der Waals surface area (Å²) in [6.07, 6.45) is 1.63. The highest BCUT2D eigenvalue weighted by Crippen LogP contribution is 2.38. The van der Waals surface area contributed by atoms with Gasteiger partial charge in [-0.25, -0.2) is 27.7 Å². The summed E-state index contributed by atoms with van der Waals surface area (Å²) < 4.78 is 60.4. The van der Waals surface area contributed by atoms with Crippen LogP contribution in [0.5, 0.6) is 11.5 Å². The number of halogens is 4. The minimum atomic E-state index is -0.936. The third-order valence-corrected chi connectivity index (χ3v) is 10.9. The smallest absolute Gasteiger partial charge is 0.338 e. The summed E-state index contributed by atoms with van der Waals surface area (Å²) in [6, 6.07) is 9.71. The Labute approximate surface area is 341 Å². The second-order valence-corrected chi connectivity index (χ2v) is 15.8. The van der Waals surface area contributed by atoms with E-state index in [0.29, 0.717) is 41.7 Å². The first-order valence-electron chi connectivity index (χ1n) is 18.1. The zero-order valence-corrected chi connectivity index (χ0v) is 33.4. The molecule has 18 heteroatoms. The van der Waals surface area contributed by atoms with Gasteiger partial charge < -0.3 is 29.7 Å². The van der Waals surface area contributed by atoms with Crippen LogP contribution < -0.4 is 20.3 Å². The normalized spacial score (nSPS) is 18.5. The summed E-state index contributed by atoms with van der Waals surface area (Å²) in [5.41, 5.74) is 0.655. The molecule has 13 nitrogen and oxygen atoms in total. The second kappa shape index (κ2) is 16.8. The second-order valence-electron chi connectivity index (χ2n) is 14.5. The molecule has 4 aromatic rings. The number of benzene rings is 3. The minimum absolute atomic E-state index is 0.0502. The number of anilines is 1. The van der Waals surface area contributed by atoms with Crippen LogP contribution in [-0.2, 0) is 14.3 Å². The summed E-state index contributed by atoms with van der Waals surface area (Å²) in [5.74, 6) is -3.14. The molecular weight excluding hydrogens is 799 g/mol. The van der Waals surface area contributed by atoms with Crippen molar-refractivity contribution in [3.63, 3.8) is 0 Å². The van der Waals surface area contributed by atoms with E-state index in [0.717, 1.165) is 18.2 Å². The van der Waals surface area contributed by atoms with E-state index in [-0.39, 0.29) is 65.1 Å². The number of thiazole rings is 1. The third kappa shape index (κ3) is 8.67. The summed E-state index contributed by atoms with van der Waals surface area (Å²) in [7, 11) is 2.77. The Morgan fingerprint density at radius 1 is 1.03 bits per heavy atom. The van der Waals surface area contributed by atoms with Gasteiger partial charge in [0.15, 0.2) is 22.4 Å². The third-order valence-electron chi connectivity index (χ3n) is 9.79. The molecule has 4 heterocycles. The molecule has 7 rings (SSSR count). The number of piperazine rings is 1. The van der Waals surface area contributed by atoms with Crippen molar-refractivity contribution >= 4 is 52.4 Å². The first-order chi connectivity index (χ1) is 27.7. The molecule has 2 saturated heterocycles. The number of nitrogens with one attached hydrogen (secondary N) is 2. The Hall–Kier alpha value is -5.49. The van der Waals surface area contributed by atoms with Crippen molar-refractivity contribution in [1.82, 2.24) is 25.4 Å². The first kappa shape index (κ1) is 40.7. The van der Waals surface area contributed by atoms with Crippen LogP contribution in [0.15, 0.2) is 82.4 Å². The highest BCUT2D eigenvalue weighted by atomic mass is 35.5. The molecule has 0 radical (unpaired) electrons. The quantitative estimate of drug-likeness (QED) is 0.158. The van der Waals surface area contributed by atoms with Crippen LogP contribution >= 0.6 is 22.9 Å². The van der Waals surface area contributed by atoms with Crippen molar-refractivity contribution in [3.05, 3.63) is 116 Å². The highest BCUT2D eigenvalue weighted by Gasteiger charge is 2.42. The van der Waals surface area contributed by atoms with Crippen molar-refractivity contribution in [2.75, 3.05) is 58.5 Å². The number of ether oxygens (including phenoxy) is 3. The Kier molecular flexibility index (Phi) is 11.8. The molecule has 304 valence electrons. The van der Waals surface area contributed by atoms with E-state index in [4.69, 9.17) is 30.8 Å². The van der Waals surface area contributed by atoms with Crippen LogP contribution in [0.1, 0.15) is 40.8 Å². The zero-order valence-electron chi connectivity index (χ0n) is 31.9. The van der Waals surface area contributed by atoms with E-state index < -0.39 is 40.9 Å². The van der Waals surface area contributed by atoms with Crippen LogP contribution in [0.2, 0.25) is 5.02 Å². The van der Waals surface area contributed by atoms with Gasteiger partial charge in [0.25, 0.3) is 5.91 Å².